The highest BCUT2D eigenvalue weighted by Crippen LogP contribution is 2.11. The van der Waals surface area contributed by atoms with Gasteiger partial charge in [0.2, 0.25) is 5.76 Å². The van der Waals surface area contributed by atoms with Crippen LogP contribution in [0.15, 0.2) is 16.7 Å². The predicted molar refractivity (Wildman–Crippen MR) is 51.1 cm³/mol. The van der Waals surface area contributed by atoms with E-state index in [1.165, 1.54) is 6.26 Å². The second-order valence-electron chi connectivity index (χ2n) is 2.71. The van der Waals surface area contributed by atoms with Gasteiger partial charge in [-0.1, -0.05) is 0 Å². The number of ether oxygens (including phenoxy) is 1. The molecule has 6 nitrogen and oxygen atoms in total. The number of hydrogen-bond donors (Lipinski definition) is 2. The summed E-state index contributed by atoms with van der Waals surface area (Å²) in [6.45, 7) is 2.10. The number of rotatable bonds is 4. The normalized spacial score (nSPS) is 9.67. The topological polar surface area (TPSA) is 94.6 Å². The van der Waals surface area contributed by atoms with Gasteiger partial charge < -0.3 is 20.2 Å². The molecule has 0 fully saturated rings. The molecule has 6 heteroatoms. The highest BCUT2D eigenvalue weighted by molar-refractivity contribution is 5.88. The van der Waals surface area contributed by atoms with Crippen molar-refractivity contribution in [3.8, 4) is 0 Å². The van der Waals surface area contributed by atoms with Gasteiger partial charge in [0.15, 0.2) is 0 Å². The zero-order valence-corrected chi connectivity index (χ0v) is 8.28. The molecule has 0 atom stereocenters. The molecule has 0 spiro atoms. The highest BCUT2D eigenvalue weighted by atomic mass is 16.5. The third kappa shape index (κ3) is 3.01. The van der Waals surface area contributed by atoms with Crippen molar-refractivity contribution in [1.29, 1.82) is 0 Å². The number of primary amides is 1. The van der Waals surface area contributed by atoms with Gasteiger partial charge in [0, 0.05) is 12.1 Å². The summed E-state index contributed by atoms with van der Waals surface area (Å²) in [5.74, 6) is -0.464. The van der Waals surface area contributed by atoms with Crippen LogP contribution < -0.4 is 11.1 Å². The van der Waals surface area contributed by atoms with E-state index in [4.69, 9.17) is 14.9 Å². The molecule has 2 amide bonds. The van der Waals surface area contributed by atoms with E-state index in [-0.39, 0.29) is 18.9 Å². The number of urea groups is 1. The summed E-state index contributed by atoms with van der Waals surface area (Å²) in [6.07, 6.45) is 1.35. The Kier molecular flexibility index (Phi) is 3.73. The van der Waals surface area contributed by atoms with Crippen molar-refractivity contribution in [1.82, 2.24) is 5.32 Å². The number of esters is 1. The average Bonchev–Trinajstić information content (AvgIpc) is 2.62. The summed E-state index contributed by atoms with van der Waals surface area (Å²) in [7, 11) is 0. The fraction of sp³-hybridized carbons (Fsp3) is 0.333. The van der Waals surface area contributed by atoms with Gasteiger partial charge in [-0.3, -0.25) is 0 Å². The largest absolute Gasteiger partial charge is 0.460 e. The van der Waals surface area contributed by atoms with Crippen LogP contribution in [-0.2, 0) is 11.3 Å². The van der Waals surface area contributed by atoms with E-state index in [0.717, 1.165) is 0 Å². The van der Waals surface area contributed by atoms with E-state index in [9.17, 15) is 9.59 Å². The lowest BCUT2D eigenvalue weighted by Crippen LogP contribution is -2.29. The summed E-state index contributed by atoms with van der Waals surface area (Å²) in [4.78, 5) is 21.8. The lowest BCUT2D eigenvalue weighted by molar-refractivity contribution is 0.0488. The van der Waals surface area contributed by atoms with Gasteiger partial charge in [-0.25, -0.2) is 9.59 Å². The second-order valence-corrected chi connectivity index (χ2v) is 2.71. The molecule has 0 unspecified atom stereocenters. The molecule has 1 aromatic heterocycles. The summed E-state index contributed by atoms with van der Waals surface area (Å²) >= 11 is 0. The van der Waals surface area contributed by atoms with Crippen LogP contribution in [0.2, 0.25) is 0 Å². The Bertz CT molecular complexity index is 359. The molecule has 0 radical (unpaired) electrons. The Labute approximate surface area is 86.4 Å². The molecule has 3 N–H and O–H groups in total. The monoisotopic (exact) mass is 212 g/mol. The van der Waals surface area contributed by atoms with Crippen molar-refractivity contribution >= 4 is 12.0 Å². The molecule has 0 aliphatic rings. The van der Waals surface area contributed by atoms with E-state index in [1.54, 1.807) is 13.0 Å². The maximum absolute atomic E-state index is 11.3. The van der Waals surface area contributed by atoms with Crippen LogP contribution in [0.25, 0.3) is 0 Å². The molecular formula is C9H12N2O4. The van der Waals surface area contributed by atoms with Gasteiger partial charge in [-0.05, 0) is 13.0 Å². The molecule has 0 aliphatic carbocycles. The van der Waals surface area contributed by atoms with Crippen LogP contribution in [0.1, 0.15) is 23.0 Å². The minimum absolute atomic E-state index is 0.0885. The number of furan rings is 1. The first-order valence-electron chi connectivity index (χ1n) is 4.42. The van der Waals surface area contributed by atoms with Crippen molar-refractivity contribution in [2.75, 3.05) is 6.61 Å². The lowest BCUT2D eigenvalue weighted by atomic mass is 10.2. The number of carbonyl (C=O) groups is 2. The molecule has 0 saturated heterocycles. The Morgan fingerprint density at radius 1 is 1.60 bits per heavy atom. The molecule has 0 bridgehead atoms. The number of carbonyl (C=O) groups excluding carboxylic acids is 2. The van der Waals surface area contributed by atoms with Crippen LogP contribution in [0, 0.1) is 0 Å². The van der Waals surface area contributed by atoms with E-state index in [1.807, 2.05) is 0 Å². The number of nitrogens with two attached hydrogens (primary N) is 1. The zero-order valence-electron chi connectivity index (χ0n) is 8.28. The number of hydrogen-bond acceptors (Lipinski definition) is 4. The van der Waals surface area contributed by atoms with E-state index in [0.29, 0.717) is 5.56 Å². The van der Waals surface area contributed by atoms with Crippen molar-refractivity contribution in [2.45, 2.75) is 13.5 Å². The van der Waals surface area contributed by atoms with Crippen LogP contribution in [0.4, 0.5) is 4.79 Å². The standard InChI is InChI=1S/C9H12N2O4/c1-2-14-8(12)7-6(3-4-15-7)5-11-9(10)13/h3-4H,2,5H2,1H3,(H3,10,11,13). The minimum atomic E-state index is -0.661. The molecular weight excluding hydrogens is 200 g/mol. The molecule has 1 heterocycles. The quantitative estimate of drug-likeness (QED) is 0.715. The van der Waals surface area contributed by atoms with Gasteiger partial charge in [-0.15, -0.1) is 0 Å². The SMILES string of the molecule is CCOC(=O)c1occc1CNC(N)=O. The summed E-state index contributed by atoms with van der Waals surface area (Å²) in [5, 5.41) is 2.36. The van der Waals surface area contributed by atoms with Crippen molar-refractivity contribution in [2.24, 2.45) is 5.73 Å². The Balaban J connectivity index is 2.68. The van der Waals surface area contributed by atoms with Crippen LogP contribution in [0.3, 0.4) is 0 Å². The molecule has 0 aliphatic heterocycles. The number of amides is 2. The first kappa shape index (κ1) is 11.1. The summed E-state index contributed by atoms with van der Waals surface area (Å²) < 4.78 is 9.70. The van der Waals surface area contributed by atoms with Crippen molar-refractivity contribution < 1.29 is 18.7 Å². The molecule has 1 rings (SSSR count). The minimum Gasteiger partial charge on any atom is -0.460 e. The zero-order chi connectivity index (χ0) is 11.3. The van der Waals surface area contributed by atoms with Gasteiger partial charge >= 0.3 is 12.0 Å². The first-order valence-corrected chi connectivity index (χ1v) is 4.42. The van der Waals surface area contributed by atoms with E-state index in [2.05, 4.69) is 5.32 Å². The second kappa shape index (κ2) is 5.04. The van der Waals surface area contributed by atoms with Crippen molar-refractivity contribution in [3.63, 3.8) is 0 Å². The van der Waals surface area contributed by atoms with Crippen LogP contribution in [0.5, 0.6) is 0 Å². The Morgan fingerprint density at radius 2 is 2.33 bits per heavy atom. The van der Waals surface area contributed by atoms with Crippen LogP contribution >= 0.6 is 0 Å². The van der Waals surface area contributed by atoms with Crippen molar-refractivity contribution in [3.05, 3.63) is 23.7 Å². The fourth-order valence-electron chi connectivity index (χ4n) is 1.03. The van der Waals surface area contributed by atoms with Gasteiger partial charge in [0.1, 0.15) is 0 Å². The molecule has 15 heavy (non-hydrogen) atoms. The molecule has 1 aromatic rings. The van der Waals surface area contributed by atoms with Crippen LogP contribution in [-0.4, -0.2) is 18.6 Å². The maximum atomic E-state index is 11.3. The van der Waals surface area contributed by atoms with Gasteiger partial charge in [0.25, 0.3) is 0 Å². The Morgan fingerprint density at radius 3 is 2.93 bits per heavy atom. The first-order chi connectivity index (χ1) is 7.15. The van der Waals surface area contributed by atoms with Gasteiger partial charge in [-0.2, -0.15) is 0 Å². The average molecular weight is 212 g/mol. The number of nitrogens with one attached hydrogen (secondary N) is 1. The predicted octanol–water partition coefficient (Wildman–Crippen LogP) is 0.625. The third-order valence-corrected chi connectivity index (χ3v) is 1.66. The van der Waals surface area contributed by atoms with E-state index >= 15 is 0 Å². The Hall–Kier alpha value is -1.98. The summed E-state index contributed by atoms with van der Waals surface area (Å²) in [6, 6.07) is 0.911. The molecule has 0 aromatic carbocycles. The summed E-state index contributed by atoms with van der Waals surface area (Å²) in [5.41, 5.74) is 5.43. The fourth-order valence-corrected chi connectivity index (χ4v) is 1.03. The smallest absolute Gasteiger partial charge is 0.374 e. The van der Waals surface area contributed by atoms with Gasteiger partial charge in [0.05, 0.1) is 12.9 Å². The van der Waals surface area contributed by atoms with E-state index < -0.39 is 12.0 Å². The molecule has 0 saturated carbocycles. The third-order valence-electron chi connectivity index (χ3n) is 1.66. The maximum Gasteiger partial charge on any atom is 0.374 e. The lowest BCUT2D eigenvalue weighted by Gasteiger charge is -2.02. The molecule has 82 valence electrons. The highest BCUT2D eigenvalue weighted by Gasteiger charge is 2.16.